The molecule has 0 unspecified atom stereocenters. The zero-order valence-electron chi connectivity index (χ0n) is 18.1. The van der Waals surface area contributed by atoms with E-state index in [1.54, 1.807) is 6.07 Å². The zero-order valence-corrected chi connectivity index (χ0v) is 18.9. The molecule has 5 heterocycles. The number of phenols is 1. The molecule has 1 saturated heterocycles. The molecule has 6 rings (SSSR count). The predicted octanol–water partition coefficient (Wildman–Crippen LogP) is 4.20. The minimum absolute atomic E-state index is 0.215. The highest BCUT2D eigenvalue weighted by molar-refractivity contribution is 7.15. The van der Waals surface area contributed by atoms with E-state index in [-0.39, 0.29) is 11.8 Å². The number of nitrogens with one attached hydrogen (secondary N) is 4. The number of H-pyrrole nitrogens is 1. The molecule has 32 heavy (non-hydrogen) atoms. The van der Waals surface area contributed by atoms with Crippen LogP contribution < -0.4 is 21.1 Å². The number of hydrogen-bond acceptors (Lipinski definition) is 7. The largest absolute Gasteiger partial charge is 0.507 e. The summed E-state index contributed by atoms with van der Waals surface area (Å²) in [5, 5.41) is 14.9. The number of hydrazine groups is 1. The Kier molecular flexibility index (Phi) is 4.84. The number of thiazole rings is 1. The third-order valence-electron chi connectivity index (χ3n) is 6.95. The van der Waals surface area contributed by atoms with Crippen LogP contribution in [0, 0.1) is 0 Å². The standard InChI is InChI=1S/C24H28N6OS/c1-14-22-17-12-19(16-4-2-3-5-20(16)31)28-29-23(17)27-18(22)8-11-30(14)24-26-13-21(32-24)15-6-9-25-10-7-15/h2-5,12-15,25,27-29,31H,6-11H2,1H3/t14-/m0/s1. The van der Waals surface area contributed by atoms with E-state index in [1.165, 1.54) is 29.0 Å². The maximum atomic E-state index is 10.3. The number of nitrogens with zero attached hydrogens (tertiary/aromatic N) is 2. The van der Waals surface area contributed by atoms with Gasteiger partial charge in [-0.1, -0.05) is 12.1 Å². The molecule has 0 radical (unpaired) electrons. The van der Waals surface area contributed by atoms with Gasteiger partial charge < -0.3 is 20.3 Å². The Morgan fingerprint density at radius 3 is 2.84 bits per heavy atom. The van der Waals surface area contributed by atoms with Crippen LogP contribution in [0.5, 0.6) is 5.75 Å². The fraction of sp³-hybridized carbons (Fsp3) is 0.375. The van der Waals surface area contributed by atoms with Crippen LogP contribution in [-0.4, -0.2) is 34.7 Å². The SMILES string of the molecule is C[C@H]1c2c([nH]c3c2C=C(c2ccccc2O)NN3)CCN1c1ncc(C2CCNCC2)s1. The fourth-order valence-electron chi connectivity index (χ4n) is 5.21. The molecule has 7 nitrogen and oxygen atoms in total. The smallest absolute Gasteiger partial charge is 0.186 e. The number of piperidine rings is 1. The molecular formula is C24H28N6OS. The van der Waals surface area contributed by atoms with Crippen LogP contribution in [-0.2, 0) is 6.42 Å². The van der Waals surface area contributed by atoms with Gasteiger partial charge in [0.1, 0.15) is 11.6 Å². The van der Waals surface area contributed by atoms with Crippen molar-refractivity contribution in [2.24, 2.45) is 0 Å². The van der Waals surface area contributed by atoms with Crippen molar-refractivity contribution in [2.75, 3.05) is 30.0 Å². The number of aromatic amines is 1. The summed E-state index contributed by atoms with van der Waals surface area (Å²) in [6.07, 6.45) is 7.60. The third kappa shape index (κ3) is 3.25. The second-order valence-electron chi connectivity index (χ2n) is 8.82. The molecule has 0 spiro atoms. The van der Waals surface area contributed by atoms with Crippen LogP contribution in [0.1, 0.15) is 59.0 Å². The van der Waals surface area contributed by atoms with Gasteiger partial charge in [-0.25, -0.2) is 4.98 Å². The van der Waals surface area contributed by atoms with E-state index in [2.05, 4.69) is 45.2 Å². The maximum Gasteiger partial charge on any atom is 0.186 e. The van der Waals surface area contributed by atoms with E-state index in [0.717, 1.165) is 53.8 Å². The maximum absolute atomic E-state index is 10.3. The van der Waals surface area contributed by atoms with Crippen LogP contribution in [0.4, 0.5) is 10.9 Å². The molecule has 3 aliphatic rings. The van der Waals surface area contributed by atoms with Crippen molar-refractivity contribution in [3.63, 3.8) is 0 Å². The average molecular weight is 449 g/mol. The second kappa shape index (κ2) is 7.86. The van der Waals surface area contributed by atoms with Gasteiger partial charge in [-0.3, -0.25) is 10.9 Å². The van der Waals surface area contributed by atoms with Crippen molar-refractivity contribution in [1.82, 2.24) is 20.7 Å². The molecule has 166 valence electrons. The summed E-state index contributed by atoms with van der Waals surface area (Å²) in [5.74, 6) is 1.89. The molecule has 0 aliphatic carbocycles. The molecule has 8 heteroatoms. The summed E-state index contributed by atoms with van der Waals surface area (Å²) < 4.78 is 0. The van der Waals surface area contributed by atoms with E-state index in [0.29, 0.717) is 5.92 Å². The van der Waals surface area contributed by atoms with Crippen LogP contribution in [0.2, 0.25) is 0 Å². The number of benzene rings is 1. The molecule has 3 aromatic rings. The molecule has 1 fully saturated rings. The first-order valence-corrected chi connectivity index (χ1v) is 12.2. The molecule has 2 aromatic heterocycles. The Morgan fingerprint density at radius 2 is 2.00 bits per heavy atom. The van der Waals surface area contributed by atoms with Crippen LogP contribution in [0.3, 0.4) is 0 Å². The number of anilines is 2. The number of aromatic hydroxyl groups is 1. The Bertz CT molecular complexity index is 1180. The Balaban J connectivity index is 1.32. The number of aromatic nitrogens is 2. The van der Waals surface area contributed by atoms with E-state index in [4.69, 9.17) is 4.98 Å². The quantitative estimate of drug-likeness (QED) is 0.413. The topological polar surface area (TPSA) is 88.2 Å². The summed E-state index contributed by atoms with van der Waals surface area (Å²) in [7, 11) is 0. The van der Waals surface area contributed by atoms with Gasteiger partial charge in [-0.05, 0) is 57.0 Å². The first-order valence-electron chi connectivity index (χ1n) is 11.4. The van der Waals surface area contributed by atoms with Crippen molar-refractivity contribution >= 4 is 34.1 Å². The van der Waals surface area contributed by atoms with Crippen molar-refractivity contribution in [3.8, 4) is 5.75 Å². The summed E-state index contributed by atoms with van der Waals surface area (Å²) >= 11 is 1.86. The van der Waals surface area contributed by atoms with Gasteiger partial charge in [0.05, 0.1) is 11.7 Å². The number of para-hydroxylation sites is 1. The Hall–Kier alpha value is -2.97. The molecule has 0 amide bonds. The molecule has 1 aromatic carbocycles. The van der Waals surface area contributed by atoms with E-state index in [9.17, 15) is 5.11 Å². The molecule has 3 aliphatic heterocycles. The molecule has 0 saturated carbocycles. The fourth-order valence-corrected chi connectivity index (χ4v) is 6.40. The minimum Gasteiger partial charge on any atom is -0.507 e. The number of fused-ring (bicyclic) bond motifs is 3. The lowest BCUT2D eigenvalue weighted by Crippen LogP contribution is -2.34. The van der Waals surface area contributed by atoms with Crippen molar-refractivity contribution in [1.29, 1.82) is 0 Å². The summed E-state index contributed by atoms with van der Waals surface area (Å²) in [5.41, 5.74) is 11.9. The van der Waals surface area contributed by atoms with Crippen LogP contribution in [0.25, 0.3) is 11.8 Å². The average Bonchev–Trinajstić information content (AvgIpc) is 3.45. The lowest BCUT2D eigenvalue weighted by atomic mass is 9.95. The van der Waals surface area contributed by atoms with E-state index in [1.807, 2.05) is 29.5 Å². The highest BCUT2D eigenvalue weighted by Crippen LogP contribution is 2.43. The number of hydrogen-bond donors (Lipinski definition) is 5. The third-order valence-corrected chi connectivity index (χ3v) is 8.15. The second-order valence-corrected chi connectivity index (χ2v) is 9.86. The first kappa shape index (κ1) is 19.7. The van der Waals surface area contributed by atoms with Crippen molar-refractivity contribution in [2.45, 2.75) is 38.1 Å². The van der Waals surface area contributed by atoms with Gasteiger partial charge in [0, 0.05) is 46.4 Å². The van der Waals surface area contributed by atoms with Gasteiger partial charge in [0.15, 0.2) is 5.13 Å². The Labute approximate surface area is 191 Å². The number of rotatable bonds is 3. The zero-order chi connectivity index (χ0) is 21.7. The normalized spacial score (nSPS) is 20.7. The lowest BCUT2D eigenvalue weighted by Gasteiger charge is -2.34. The molecule has 0 bridgehead atoms. The van der Waals surface area contributed by atoms with Gasteiger partial charge >= 0.3 is 0 Å². The monoisotopic (exact) mass is 448 g/mol. The Morgan fingerprint density at radius 1 is 1.16 bits per heavy atom. The van der Waals surface area contributed by atoms with Gasteiger partial charge in [0.25, 0.3) is 0 Å². The van der Waals surface area contributed by atoms with Crippen LogP contribution >= 0.6 is 11.3 Å². The summed E-state index contributed by atoms with van der Waals surface area (Å²) in [4.78, 5) is 12.3. The van der Waals surface area contributed by atoms with Crippen molar-refractivity contribution < 1.29 is 5.11 Å². The highest BCUT2D eigenvalue weighted by Gasteiger charge is 2.33. The predicted molar refractivity (Wildman–Crippen MR) is 130 cm³/mol. The lowest BCUT2D eigenvalue weighted by molar-refractivity contribution is 0.465. The highest BCUT2D eigenvalue weighted by atomic mass is 32.1. The van der Waals surface area contributed by atoms with Gasteiger partial charge in [-0.15, -0.1) is 11.3 Å². The molecular weight excluding hydrogens is 420 g/mol. The molecule has 1 atom stereocenters. The number of phenolic OH excluding ortho intramolecular Hbond substituents is 1. The summed E-state index contributed by atoms with van der Waals surface area (Å²) in [6, 6.07) is 7.63. The minimum atomic E-state index is 0.215. The van der Waals surface area contributed by atoms with Gasteiger partial charge in [0.2, 0.25) is 0 Å². The van der Waals surface area contributed by atoms with E-state index < -0.39 is 0 Å². The van der Waals surface area contributed by atoms with Gasteiger partial charge in [-0.2, -0.15) is 0 Å². The van der Waals surface area contributed by atoms with Crippen LogP contribution in [0.15, 0.2) is 30.5 Å². The first-order chi connectivity index (χ1) is 15.7. The molecule has 5 N–H and O–H groups in total. The summed E-state index contributed by atoms with van der Waals surface area (Å²) in [6.45, 7) is 5.43. The van der Waals surface area contributed by atoms with E-state index >= 15 is 0 Å². The van der Waals surface area contributed by atoms with Crippen molar-refractivity contribution in [3.05, 3.63) is 57.7 Å².